The van der Waals surface area contributed by atoms with Gasteiger partial charge in [-0.05, 0) is 25.7 Å². The van der Waals surface area contributed by atoms with Gasteiger partial charge in [0.05, 0.1) is 12.2 Å². The van der Waals surface area contributed by atoms with Gasteiger partial charge in [-0.15, -0.1) is 0 Å². The molecule has 2 nitrogen and oxygen atoms in total. The van der Waals surface area contributed by atoms with Gasteiger partial charge in [0.1, 0.15) is 0 Å². The predicted molar refractivity (Wildman–Crippen MR) is 82.9 cm³/mol. The van der Waals surface area contributed by atoms with E-state index in [0.717, 1.165) is 0 Å². The highest BCUT2D eigenvalue weighted by Gasteiger charge is 2.52. The predicted octanol–water partition coefficient (Wildman–Crippen LogP) is 4.99. The van der Waals surface area contributed by atoms with Crippen molar-refractivity contribution in [3.63, 3.8) is 0 Å². The first-order chi connectivity index (χ1) is 10.4. The minimum Gasteiger partial charge on any atom is -0.344 e. The molecule has 1 aromatic rings. The van der Waals surface area contributed by atoms with Crippen LogP contribution in [0.5, 0.6) is 0 Å². The summed E-state index contributed by atoms with van der Waals surface area (Å²) in [6.07, 6.45) is 12.5. The number of ether oxygens (including phenoxy) is 2. The molecule has 0 N–H and O–H groups in total. The van der Waals surface area contributed by atoms with Crippen molar-refractivity contribution in [2.75, 3.05) is 0 Å². The minimum atomic E-state index is -0.148. The molecule has 0 bridgehead atoms. The molecule has 21 heavy (non-hydrogen) atoms. The summed E-state index contributed by atoms with van der Waals surface area (Å²) in [5.74, 6) is 0. The van der Waals surface area contributed by atoms with Crippen molar-refractivity contribution in [1.82, 2.24) is 0 Å². The van der Waals surface area contributed by atoms with E-state index < -0.39 is 0 Å². The van der Waals surface area contributed by atoms with Gasteiger partial charge in [-0.3, -0.25) is 0 Å². The molecule has 2 saturated carbocycles. The zero-order valence-corrected chi connectivity index (χ0v) is 12.8. The maximum absolute atomic E-state index is 6.49. The molecule has 1 spiro atoms. The van der Waals surface area contributed by atoms with Gasteiger partial charge in [-0.1, -0.05) is 62.4 Å². The summed E-state index contributed by atoms with van der Waals surface area (Å²) in [6, 6.07) is 10.5. The van der Waals surface area contributed by atoms with E-state index >= 15 is 0 Å². The Morgan fingerprint density at radius 1 is 0.762 bits per heavy atom. The van der Waals surface area contributed by atoms with Gasteiger partial charge < -0.3 is 9.47 Å². The van der Waals surface area contributed by atoms with Gasteiger partial charge >= 0.3 is 0 Å². The lowest BCUT2D eigenvalue weighted by Gasteiger charge is -2.53. The Bertz CT molecular complexity index is 472. The van der Waals surface area contributed by atoms with E-state index in [1.165, 1.54) is 63.4 Å². The molecule has 3 aliphatic rings. The first-order valence-corrected chi connectivity index (χ1v) is 8.74. The molecule has 2 heteroatoms. The summed E-state index contributed by atoms with van der Waals surface area (Å²) in [6.45, 7) is 0. The standard InChI is InChI=1S/C19H26O2/c1-3-9-15(10-4-1)18-20-16-11-5-2-7-13-19(16)14-8-6-12-17(19)21-18/h1,3-4,9-10,16-18H,2,5-8,11-14H2/t16-,17+,18?,19?/m1/s1. The highest BCUT2D eigenvalue weighted by Crippen LogP contribution is 2.54. The van der Waals surface area contributed by atoms with Gasteiger partial charge in [0.25, 0.3) is 0 Å². The highest BCUT2D eigenvalue weighted by molar-refractivity contribution is 5.17. The third-order valence-electron chi connectivity index (χ3n) is 5.90. The van der Waals surface area contributed by atoms with Gasteiger partial charge in [-0.25, -0.2) is 0 Å². The molecule has 0 aromatic heterocycles. The molecule has 2 unspecified atom stereocenters. The van der Waals surface area contributed by atoms with Gasteiger partial charge in [0.15, 0.2) is 6.29 Å². The monoisotopic (exact) mass is 286 g/mol. The zero-order chi connectivity index (χ0) is 14.1. The van der Waals surface area contributed by atoms with Crippen molar-refractivity contribution in [2.24, 2.45) is 5.41 Å². The van der Waals surface area contributed by atoms with Crippen molar-refractivity contribution < 1.29 is 9.47 Å². The van der Waals surface area contributed by atoms with Gasteiger partial charge in [0.2, 0.25) is 0 Å². The smallest absolute Gasteiger partial charge is 0.184 e. The summed E-state index contributed by atoms with van der Waals surface area (Å²) < 4.78 is 13.0. The molecular weight excluding hydrogens is 260 g/mol. The average molecular weight is 286 g/mol. The largest absolute Gasteiger partial charge is 0.344 e. The van der Waals surface area contributed by atoms with E-state index in [4.69, 9.17) is 9.47 Å². The van der Waals surface area contributed by atoms with Crippen LogP contribution in [0.3, 0.4) is 0 Å². The fraction of sp³-hybridized carbons (Fsp3) is 0.684. The molecule has 0 amide bonds. The van der Waals surface area contributed by atoms with Crippen molar-refractivity contribution in [3.05, 3.63) is 35.9 Å². The summed E-state index contributed by atoms with van der Waals surface area (Å²) in [4.78, 5) is 0. The molecule has 1 aliphatic heterocycles. The number of benzene rings is 1. The lowest BCUT2D eigenvalue weighted by molar-refractivity contribution is -0.316. The van der Waals surface area contributed by atoms with Crippen LogP contribution in [0.2, 0.25) is 0 Å². The maximum Gasteiger partial charge on any atom is 0.184 e. The lowest BCUT2D eigenvalue weighted by Crippen LogP contribution is -2.54. The fourth-order valence-electron chi connectivity index (χ4n) is 4.80. The van der Waals surface area contributed by atoms with Crippen molar-refractivity contribution in [3.8, 4) is 0 Å². The number of hydrogen-bond donors (Lipinski definition) is 0. The molecule has 0 radical (unpaired) electrons. The molecule has 4 rings (SSSR count). The molecule has 1 saturated heterocycles. The molecule has 1 heterocycles. The SMILES string of the molecule is c1ccc(C2O[C@H]3CCCCC34CCCCC[C@H]4O2)cc1. The fourth-order valence-corrected chi connectivity index (χ4v) is 4.80. The average Bonchev–Trinajstić information content (AvgIpc) is 2.75. The second-order valence-corrected chi connectivity index (χ2v) is 7.07. The van der Waals surface area contributed by atoms with Crippen LogP contribution in [0.4, 0.5) is 0 Å². The van der Waals surface area contributed by atoms with Crippen LogP contribution in [-0.4, -0.2) is 12.2 Å². The quantitative estimate of drug-likeness (QED) is 0.723. The Morgan fingerprint density at radius 2 is 1.38 bits per heavy atom. The first kappa shape index (κ1) is 13.8. The Labute approximate surface area is 127 Å². The van der Waals surface area contributed by atoms with Crippen LogP contribution in [0, 0.1) is 5.41 Å². The zero-order valence-electron chi connectivity index (χ0n) is 12.8. The molecule has 114 valence electrons. The van der Waals surface area contributed by atoms with Crippen LogP contribution in [-0.2, 0) is 9.47 Å². The lowest BCUT2D eigenvalue weighted by atomic mass is 9.65. The second kappa shape index (κ2) is 5.73. The van der Waals surface area contributed by atoms with Crippen LogP contribution < -0.4 is 0 Å². The molecule has 4 atom stereocenters. The van der Waals surface area contributed by atoms with Crippen LogP contribution >= 0.6 is 0 Å². The number of rotatable bonds is 1. The molecule has 3 fully saturated rings. The Kier molecular flexibility index (Phi) is 3.76. The van der Waals surface area contributed by atoms with Crippen molar-refractivity contribution >= 4 is 0 Å². The molecule has 2 aliphatic carbocycles. The Hall–Kier alpha value is -0.860. The topological polar surface area (TPSA) is 18.5 Å². The number of hydrogen-bond acceptors (Lipinski definition) is 2. The Balaban J connectivity index is 1.64. The van der Waals surface area contributed by atoms with Crippen LogP contribution in [0.1, 0.15) is 69.6 Å². The van der Waals surface area contributed by atoms with E-state index in [0.29, 0.717) is 17.6 Å². The summed E-state index contributed by atoms with van der Waals surface area (Å²) in [7, 11) is 0. The van der Waals surface area contributed by atoms with Crippen LogP contribution in [0.15, 0.2) is 30.3 Å². The van der Waals surface area contributed by atoms with E-state index in [2.05, 4.69) is 30.3 Å². The van der Waals surface area contributed by atoms with Gasteiger partial charge in [-0.2, -0.15) is 0 Å². The second-order valence-electron chi connectivity index (χ2n) is 7.07. The van der Waals surface area contributed by atoms with E-state index in [1.807, 2.05) is 0 Å². The van der Waals surface area contributed by atoms with Crippen molar-refractivity contribution in [1.29, 1.82) is 0 Å². The third-order valence-corrected chi connectivity index (χ3v) is 5.90. The van der Waals surface area contributed by atoms with Gasteiger partial charge in [0, 0.05) is 11.0 Å². The van der Waals surface area contributed by atoms with E-state index in [1.54, 1.807) is 0 Å². The molecular formula is C19H26O2. The minimum absolute atomic E-state index is 0.148. The maximum atomic E-state index is 6.49. The normalized spacial score (nSPS) is 39.9. The van der Waals surface area contributed by atoms with Crippen molar-refractivity contribution in [2.45, 2.75) is 76.3 Å². The summed E-state index contributed by atoms with van der Waals surface area (Å²) in [5.41, 5.74) is 1.50. The third kappa shape index (κ3) is 2.43. The summed E-state index contributed by atoms with van der Waals surface area (Å²) >= 11 is 0. The van der Waals surface area contributed by atoms with Crippen LogP contribution in [0.25, 0.3) is 0 Å². The Morgan fingerprint density at radius 3 is 2.10 bits per heavy atom. The van der Waals surface area contributed by atoms with E-state index in [-0.39, 0.29) is 6.29 Å². The van der Waals surface area contributed by atoms with E-state index in [9.17, 15) is 0 Å². The first-order valence-electron chi connectivity index (χ1n) is 8.74. The summed E-state index contributed by atoms with van der Waals surface area (Å²) in [5, 5.41) is 0. The molecule has 1 aromatic carbocycles. The highest BCUT2D eigenvalue weighted by atomic mass is 16.7.